The number of aromatic nitrogens is 3. The second-order valence-corrected chi connectivity index (χ2v) is 6.70. The van der Waals surface area contributed by atoms with Gasteiger partial charge >= 0.3 is 11.8 Å². The molecule has 148 valence electrons. The van der Waals surface area contributed by atoms with E-state index in [2.05, 4.69) is 25.6 Å². The van der Waals surface area contributed by atoms with Crippen LogP contribution in [0.2, 0.25) is 0 Å². The number of aryl methyl sites for hydroxylation is 1. The Balaban J connectivity index is 1.60. The van der Waals surface area contributed by atoms with Gasteiger partial charge in [-0.1, -0.05) is 0 Å². The Morgan fingerprint density at radius 3 is 2.50 bits per heavy atom. The van der Waals surface area contributed by atoms with Crippen molar-refractivity contribution in [1.29, 1.82) is 0 Å². The van der Waals surface area contributed by atoms with Crippen molar-refractivity contribution in [3.63, 3.8) is 0 Å². The number of nitrogens with zero attached hydrogens (tertiary/aromatic N) is 3. The van der Waals surface area contributed by atoms with Gasteiger partial charge in [-0.2, -0.15) is 0 Å². The van der Waals surface area contributed by atoms with Crippen molar-refractivity contribution in [3.05, 3.63) is 72.9 Å². The minimum Gasteiger partial charge on any atom is -0.398 e. The monoisotopic (exact) mass is 398 g/mol. The zero-order chi connectivity index (χ0) is 21.1. The van der Waals surface area contributed by atoms with Gasteiger partial charge in [0, 0.05) is 41.4 Å². The van der Waals surface area contributed by atoms with Crippen molar-refractivity contribution in [1.82, 2.24) is 15.0 Å². The number of fused-ring (bicyclic) bond motifs is 1. The van der Waals surface area contributed by atoms with Crippen molar-refractivity contribution in [2.45, 2.75) is 6.92 Å². The van der Waals surface area contributed by atoms with Crippen LogP contribution in [0.5, 0.6) is 0 Å². The molecule has 0 fully saturated rings. The maximum absolute atomic E-state index is 12.2. The van der Waals surface area contributed by atoms with E-state index in [0.717, 1.165) is 27.5 Å². The number of amides is 2. The molecule has 0 unspecified atom stereocenters. The number of nitrogens with one attached hydrogen (secondary N) is 2. The summed E-state index contributed by atoms with van der Waals surface area (Å²) >= 11 is 0. The van der Waals surface area contributed by atoms with Crippen molar-refractivity contribution in [2.75, 3.05) is 16.4 Å². The lowest BCUT2D eigenvalue weighted by Gasteiger charge is -2.11. The summed E-state index contributed by atoms with van der Waals surface area (Å²) in [6.45, 7) is 2.00. The molecule has 0 saturated heterocycles. The van der Waals surface area contributed by atoms with E-state index in [9.17, 15) is 9.59 Å². The number of benzene rings is 1. The van der Waals surface area contributed by atoms with E-state index in [4.69, 9.17) is 5.73 Å². The summed E-state index contributed by atoms with van der Waals surface area (Å²) in [5, 5.41) is 6.52. The Bertz CT molecular complexity index is 1260. The van der Waals surface area contributed by atoms with Gasteiger partial charge in [0.2, 0.25) is 0 Å². The summed E-state index contributed by atoms with van der Waals surface area (Å²) < 4.78 is 0. The number of anilines is 3. The fourth-order valence-electron chi connectivity index (χ4n) is 3.07. The van der Waals surface area contributed by atoms with Gasteiger partial charge in [0.05, 0.1) is 11.9 Å². The number of hydrogen-bond acceptors (Lipinski definition) is 6. The minimum absolute atomic E-state index is 0.244. The fourth-order valence-corrected chi connectivity index (χ4v) is 3.07. The molecule has 0 radical (unpaired) electrons. The normalized spacial score (nSPS) is 10.6. The van der Waals surface area contributed by atoms with Crippen LogP contribution in [0.3, 0.4) is 0 Å². The van der Waals surface area contributed by atoms with Crippen molar-refractivity contribution < 1.29 is 9.59 Å². The summed E-state index contributed by atoms with van der Waals surface area (Å²) in [6, 6.07) is 10.7. The molecule has 2 amide bonds. The molecule has 8 heteroatoms. The highest BCUT2D eigenvalue weighted by molar-refractivity contribution is 6.43. The first-order valence-electron chi connectivity index (χ1n) is 9.14. The third-order valence-corrected chi connectivity index (χ3v) is 4.59. The third-order valence-electron chi connectivity index (χ3n) is 4.59. The third kappa shape index (κ3) is 3.93. The highest BCUT2D eigenvalue weighted by Crippen LogP contribution is 2.31. The SMILES string of the molecule is Cc1ccncc1-c1cc(N)c2cnc(NC(=O)C(=O)Nc3cccnc3)cc2c1. The molecule has 1 aromatic carbocycles. The maximum Gasteiger partial charge on any atom is 0.315 e. The number of carbonyl (C=O) groups excluding carboxylic acids is 2. The summed E-state index contributed by atoms with van der Waals surface area (Å²) in [5.74, 6) is -1.41. The first-order chi connectivity index (χ1) is 14.5. The lowest BCUT2D eigenvalue weighted by Crippen LogP contribution is -2.29. The Morgan fingerprint density at radius 1 is 0.933 bits per heavy atom. The average Bonchev–Trinajstić information content (AvgIpc) is 2.74. The highest BCUT2D eigenvalue weighted by atomic mass is 16.2. The molecule has 8 nitrogen and oxygen atoms in total. The number of carbonyl (C=O) groups is 2. The number of hydrogen-bond donors (Lipinski definition) is 3. The standard InChI is InChI=1S/C22H18N6O2/c1-13-4-6-25-11-17(13)14-7-15-9-20(26-12-18(15)19(23)8-14)28-22(30)21(29)27-16-3-2-5-24-10-16/h2-12H,23H2,1H3,(H,27,29)(H,26,28,30). The van der Waals surface area contributed by atoms with Crippen LogP contribution in [-0.4, -0.2) is 26.8 Å². The van der Waals surface area contributed by atoms with E-state index in [1.807, 2.05) is 25.1 Å². The number of nitrogen functional groups attached to an aromatic ring is 1. The molecule has 4 N–H and O–H groups in total. The molecule has 3 heterocycles. The number of rotatable bonds is 3. The molecule has 0 atom stereocenters. The first kappa shape index (κ1) is 19.0. The lowest BCUT2D eigenvalue weighted by molar-refractivity contribution is -0.133. The Labute approximate surface area is 172 Å². The second kappa shape index (κ2) is 7.96. The molecule has 4 rings (SSSR count). The van der Waals surface area contributed by atoms with Gasteiger partial charge in [0.15, 0.2) is 0 Å². The van der Waals surface area contributed by atoms with Crippen LogP contribution in [0.15, 0.2) is 67.4 Å². The Kier molecular flexibility index (Phi) is 5.04. The van der Waals surface area contributed by atoms with Gasteiger partial charge in [-0.25, -0.2) is 4.98 Å². The molecule has 30 heavy (non-hydrogen) atoms. The van der Waals surface area contributed by atoms with Crippen LogP contribution in [0.4, 0.5) is 17.2 Å². The van der Waals surface area contributed by atoms with Crippen LogP contribution in [-0.2, 0) is 9.59 Å². The van der Waals surface area contributed by atoms with Crippen LogP contribution in [0.1, 0.15) is 5.56 Å². The Hall–Kier alpha value is -4.33. The molecule has 4 aromatic rings. The topological polar surface area (TPSA) is 123 Å². The van der Waals surface area contributed by atoms with Crippen LogP contribution in [0.25, 0.3) is 21.9 Å². The Morgan fingerprint density at radius 2 is 1.73 bits per heavy atom. The summed E-state index contributed by atoms with van der Waals surface area (Å²) in [6.07, 6.45) is 8.10. The largest absolute Gasteiger partial charge is 0.398 e. The molecule has 0 aliphatic carbocycles. The quantitative estimate of drug-likeness (QED) is 0.360. The van der Waals surface area contributed by atoms with Crippen LogP contribution in [0, 0.1) is 6.92 Å². The van der Waals surface area contributed by atoms with E-state index in [1.165, 1.54) is 6.20 Å². The van der Waals surface area contributed by atoms with Crippen molar-refractivity contribution in [3.8, 4) is 11.1 Å². The molecule has 0 spiro atoms. The van der Waals surface area contributed by atoms with Gasteiger partial charge in [0.25, 0.3) is 0 Å². The average molecular weight is 398 g/mol. The lowest BCUT2D eigenvalue weighted by atomic mass is 9.99. The van der Waals surface area contributed by atoms with Gasteiger partial charge in [-0.05, 0) is 59.8 Å². The summed E-state index contributed by atoms with van der Waals surface area (Å²) in [7, 11) is 0. The fraction of sp³-hybridized carbons (Fsp3) is 0.0455. The molecule has 0 saturated carbocycles. The number of pyridine rings is 3. The molecular formula is C22H18N6O2. The maximum atomic E-state index is 12.2. The van der Waals surface area contributed by atoms with Gasteiger partial charge in [-0.15, -0.1) is 0 Å². The van der Waals surface area contributed by atoms with Gasteiger partial charge in [-0.3, -0.25) is 19.6 Å². The summed E-state index contributed by atoms with van der Waals surface area (Å²) in [4.78, 5) is 36.6. The van der Waals surface area contributed by atoms with E-state index in [1.54, 1.807) is 43.0 Å². The predicted octanol–water partition coefficient (Wildman–Crippen LogP) is 3.16. The summed E-state index contributed by atoms with van der Waals surface area (Å²) in [5.41, 5.74) is 10.1. The van der Waals surface area contributed by atoms with E-state index in [-0.39, 0.29) is 5.82 Å². The second-order valence-electron chi connectivity index (χ2n) is 6.70. The van der Waals surface area contributed by atoms with Crippen molar-refractivity contribution >= 4 is 39.8 Å². The van der Waals surface area contributed by atoms with E-state index in [0.29, 0.717) is 11.4 Å². The first-order valence-corrected chi connectivity index (χ1v) is 9.14. The molecule has 0 aliphatic heterocycles. The van der Waals surface area contributed by atoms with Gasteiger partial charge < -0.3 is 16.4 Å². The van der Waals surface area contributed by atoms with Gasteiger partial charge in [0.1, 0.15) is 5.82 Å². The number of nitrogens with two attached hydrogens (primary N) is 1. The molecule has 0 aliphatic rings. The molecule has 0 bridgehead atoms. The highest BCUT2D eigenvalue weighted by Gasteiger charge is 2.15. The molecule has 3 aromatic heterocycles. The smallest absolute Gasteiger partial charge is 0.315 e. The minimum atomic E-state index is -0.835. The zero-order valence-electron chi connectivity index (χ0n) is 16.1. The van der Waals surface area contributed by atoms with Crippen LogP contribution < -0.4 is 16.4 Å². The zero-order valence-corrected chi connectivity index (χ0v) is 16.1. The van der Waals surface area contributed by atoms with Crippen LogP contribution >= 0.6 is 0 Å². The van der Waals surface area contributed by atoms with Crippen molar-refractivity contribution in [2.24, 2.45) is 0 Å². The predicted molar refractivity (Wildman–Crippen MR) is 116 cm³/mol. The van der Waals surface area contributed by atoms with E-state index < -0.39 is 11.8 Å². The van der Waals surface area contributed by atoms with E-state index >= 15 is 0 Å². The molecular weight excluding hydrogens is 380 g/mol.